The van der Waals surface area contributed by atoms with E-state index in [1.807, 2.05) is 0 Å². The van der Waals surface area contributed by atoms with Gasteiger partial charge >= 0.3 is 17.9 Å². The second kappa shape index (κ2) is 56.0. The summed E-state index contributed by atoms with van der Waals surface area (Å²) in [7, 11) is 0. The van der Waals surface area contributed by atoms with Crippen LogP contribution >= 0.6 is 0 Å². The van der Waals surface area contributed by atoms with Crippen LogP contribution < -0.4 is 0 Å². The van der Waals surface area contributed by atoms with Crippen molar-refractivity contribution in [2.75, 3.05) is 13.2 Å². The summed E-state index contributed by atoms with van der Waals surface area (Å²) in [5.41, 5.74) is 0. The molecule has 0 radical (unpaired) electrons. The Kier molecular flexibility index (Phi) is 54.7. The maximum atomic E-state index is 12.7. The highest BCUT2D eigenvalue weighted by molar-refractivity contribution is 5.71. The first-order valence-corrected chi connectivity index (χ1v) is 30.0. The Bertz CT molecular complexity index is 982. The second-order valence-corrected chi connectivity index (χ2v) is 20.6. The van der Waals surface area contributed by atoms with Crippen LogP contribution in [0.25, 0.3) is 0 Å². The van der Waals surface area contributed by atoms with Crippen LogP contribution in [0.1, 0.15) is 348 Å². The van der Waals surface area contributed by atoms with Crippen LogP contribution in [0.15, 0.2) is 0 Å². The van der Waals surface area contributed by atoms with Crippen LogP contribution in [-0.4, -0.2) is 37.2 Å². The van der Waals surface area contributed by atoms with Crippen molar-refractivity contribution in [3.63, 3.8) is 0 Å². The number of carbonyl (C=O) groups is 3. The van der Waals surface area contributed by atoms with Gasteiger partial charge in [0.1, 0.15) is 13.2 Å². The van der Waals surface area contributed by atoms with Gasteiger partial charge in [0.15, 0.2) is 6.10 Å². The number of rotatable bonds is 56. The monoisotopic (exact) mass is 933 g/mol. The fraction of sp³-hybridized carbons (Fsp3) is 0.950. The van der Waals surface area contributed by atoms with Gasteiger partial charge in [-0.15, -0.1) is 0 Å². The van der Waals surface area contributed by atoms with Gasteiger partial charge < -0.3 is 14.2 Å². The van der Waals surface area contributed by atoms with Gasteiger partial charge in [-0.05, 0) is 19.3 Å². The fourth-order valence-corrected chi connectivity index (χ4v) is 9.33. The average Bonchev–Trinajstić information content (AvgIpc) is 3.31. The molecule has 1 unspecified atom stereocenters. The molecule has 0 aromatic carbocycles. The van der Waals surface area contributed by atoms with Crippen molar-refractivity contribution in [1.29, 1.82) is 0 Å². The molecule has 0 saturated carbocycles. The van der Waals surface area contributed by atoms with Gasteiger partial charge in [0.25, 0.3) is 0 Å². The van der Waals surface area contributed by atoms with Crippen LogP contribution in [-0.2, 0) is 28.6 Å². The topological polar surface area (TPSA) is 78.9 Å². The van der Waals surface area contributed by atoms with E-state index >= 15 is 0 Å². The summed E-state index contributed by atoms with van der Waals surface area (Å²) in [5, 5.41) is 0. The molecule has 0 spiro atoms. The van der Waals surface area contributed by atoms with Crippen molar-refractivity contribution >= 4 is 17.9 Å². The molecule has 1 atom stereocenters. The molecule has 0 aliphatic heterocycles. The highest BCUT2D eigenvalue weighted by Crippen LogP contribution is 2.18. The molecule has 0 aliphatic rings. The molecular formula is C60H116O6. The lowest BCUT2D eigenvalue weighted by Crippen LogP contribution is -2.30. The summed E-state index contributed by atoms with van der Waals surface area (Å²) in [6.07, 6.45) is 62.8. The minimum Gasteiger partial charge on any atom is -0.462 e. The normalized spacial score (nSPS) is 11.9. The van der Waals surface area contributed by atoms with E-state index in [4.69, 9.17) is 14.2 Å². The minimum atomic E-state index is -0.759. The summed E-state index contributed by atoms with van der Waals surface area (Å²) >= 11 is 0. The lowest BCUT2D eigenvalue weighted by atomic mass is 10.0. The first-order valence-electron chi connectivity index (χ1n) is 30.0. The van der Waals surface area contributed by atoms with E-state index in [9.17, 15) is 14.4 Å². The zero-order valence-corrected chi connectivity index (χ0v) is 45.0. The summed E-state index contributed by atoms with van der Waals surface area (Å²) < 4.78 is 16.8. The highest BCUT2D eigenvalue weighted by atomic mass is 16.6. The van der Waals surface area contributed by atoms with Crippen molar-refractivity contribution in [2.45, 2.75) is 354 Å². The molecule has 0 aromatic heterocycles. The van der Waals surface area contributed by atoms with Gasteiger partial charge in [-0.25, -0.2) is 0 Å². The minimum absolute atomic E-state index is 0.0620. The molecule has 0 bridgehead atoms. The molecule has 0 aromatic rings. The third kappa shape index (κ3) is 53.4. The highest BCUT2D eigenvalue weighted by Gasteiger charge is 2.19. The van der Waals surface area contributed by atoms with Gasteiger partial charge in [-0.1, -0.05) is 310 Å². The van der Waals surface area contributed by atoms with Crippen LogP contribution in [0.3, 0.4) is 0 Å². The molecule has 0 aliphatic carbocycles. The van der Waals surface area contributed by atoms with Gasteiger partial charge in [0.2, 0.25) is 0 Å². The number of esters is 3. The first kappa shape index (κ1) is 64.4. The van der Waals surface area contributed by atoms with E-state index in [1.165, 1.54) is 250 Å². The molecule has 0 heterocycles. The second-order valence-electron chi connectivity index (χ2n) is 20.6. The van der Waals surface area contributed by atoms with Gasteiger partial charge in [0.05, 0.1) is 0 Å². The van der Waals surface area contributed by atoms with Gasteiger partial charge in [-0.3, -0.25) is 14.4 Å². The Hall–Kier alpha value is -1.59. The average molecular weight is 934 g/mol. The maximum Gasteiger partial charge on any atom is 0.306 e. The predicted octanol–water partition coefficient (Wildman–Crippen LogP) is 19.9. The molecule has 0 saturated heterocycles. The van der Waals surface area contributed by atoms with E-state index in [0.717, 1.165) is 57.8 Å². The number of hydrogen-bond acceptors (Lipinski definition) is 6. The van der Waals surface area contributed by atoms with Crippen LogP contribution in [0.2, 0.25) is 0 Å². The van der Waals surface area contributed by atoms with Gasteiger partial charge in [-0.2, -0.15) is 0 Å². The van der Waals surface area contributed by atoms with Crippen molar-refractivity contribution < 1.29 is 28.6 Å². The SMILES string of the molecule is CCCCCCCCCCCCCCCCCCCCCCCCCCCCCCCC(=O)OCC(COC(=O)CCCCCCCCCCC)OC(=O)CCCCCCCCCCCC. The molecule has 6 nitrogen and oxygen atoms in total. The summed E-state index contributed by atoms with van der Waals surface area (Å²) in [5.74, 6) is -0.843. The quantitative estimate of drug-likeness (QED) is 0.0343. The zero-order chi connectivity index (χ0) is 47.9. The number of ether oxygens (including phenoxy) is 3. The van der Waals surface area contributed by atoms with Crippen LogP contribution in [0.4, 0.5) is 0 Å². The Morgan fingerprint density at radius 1 is 0.242 bits per heavy atom. The maximum absolute atomic E-state index is 12.7. The Balaban J connectivity index is 3.95. The lowest BCUT2D eigenvalue weighted by Gasteiger charge is -2.18. The molecule has 0 fully saturated rings. The smallest absolute Gasteiger partial charge is 0.306 e. The molecule has 0 amide bonds. The van der Waals surface area contributed by atoms with E-state index in [2.05, 4.69) is 20.8 Å². The van der Waals surface area contributed by atoms with E-state index in [0.29, 0.717) is 19.3 Å². The Labute approximate surface area is 412 Å². The Morgan fingerprint density at radius 2 is 0.409 bits per heavy atom. The third-order valence-electron chi connectivity index (χ3n) is 13.9. The predicted molar refractivity (Wildman–Crippen MR) is 284 cm³/mol. The van der Waals surface area contributed by atoms with Crippen molar-refractivity contribution in [1.82, 2.24) is 0 Å². The Morgan fingerprint density at radius 3 is 0.606 bits per heavy atom. The molecule has 0 N–H and O–H groups in total. The fourth-order valence-electron chi connectivity index (χ4n) is 9.33. The molecular weight excluding hydrogens is 817 g/mol. The number of hydrogen-bond donors (Lipinski definition) is 0. The molecule has 392 valence electrons. The largest absolute Gasteiger partial charge is 0.462 e. The summed E-state index contributed by atoms with van der Waals surface area (Å²) in [4.78, 5) is 37.9. The van der Waals surface area contributed by atoms with Gasteiger partial charge in [0, 0.05) is 19.3 Å². The van der Waals surface area contributed by atoms with Crippen LogP contribution in [0, 0.1) is 0 Å². The van der Waals surface area contributed by atoms with E-state index < -0.39 is 6.10 Å². The van der Waals surface area contributed by atoms with Crippen molar-refractivity contribution in [3.8, 4) is 0 Å². The van der Waals surface area contributed by atoms with Crippen molar-refractivity contribution in [2.24, 2.45) is 0 Å². The molecule has 6 heteroatoms. The van der Waals surface area contributed by atoms with Crippen molar-refractivity contribution in [3.05, 3.63) is 0 Å². The number of unbranched alkanes of at least 4 members (excludes halogenated alkanes) is 45. The van der Waals surface area contributed by atoms with E-state index in [-0.39, 0.29) is 31.1 Å². The molecule has 66 heavy (non-hydrogen) atoms. The third-order valence-corrected chi connectivity index (χ3v) is 13.9. The summed E-state index contributed by atoms with van der Waals surface area (Å²) in [6, 6.07) is 0. The zero-order valence-electron chi connectivity index (χ0n) is 45.0. The van der Waals surface area contributed by atoms with Crippen LogP contribution in [0.5, 0.6) is 0 Å². The van der Waals surface area contributed by atoms with E-state index in [1.54, 1.807) is 0 Å². The lowest BCUT2D eigenvalue weighted by molar-refractivity contribution is -0.167. The standard InChI is InChI=1S/C60H116O6/c1-4-7-10-13-16-19-21-22-23-24-25-26-27-28-29-30-31-32-33-34-35-36-37-38-39-42-44-47-50-53-59(62)65-56-57(55-64-58(61)52-49-46-43-40-18-15-12-9-6-3)66-60(63)54-51-48-45-41-20-17-14-11-8-5-2/h57H,4-56H2,1-3H3. The number of carbonyl (C=O) groups excluding carboxylic acids is 3. The summed E-state index contributed by atoms with van der Waals surface area (Å²) in [6.45, 7) is 6.66. The first-order chi connectivity index (χ1) is 32.5. The molecule has 0 rings (SSSR count).